The molecule has 0 spiro atoms. The second-order valence-electron chi connectivity index (χ2n) is 16.7. The van der Waals surface area contributed by atoms with Crippen LogP contribution in [0.5, 0.6) is 11.5 Å². The van der Waals surface area contributed by atoms with E-state index in [9.17, 15) is 0 Å². The Morgan fingerprint density at radius 3 is 1.79 bits per heavy atom. The van der Waals surface area contributed by atoms with Crippen molar-refractivity contribution in [2.24, 2.45) is 0 Å². The summed E-state index contributed by atoms with van der Waals surface area (Å²) in [5.74, 6) is 1.93. The molecule has 5 nitrogen and oxygen atoms in total. The summed E-state index contributed by atoms with van der Waals surface area (Å²) in [6.45, 7) is 13.8. The predicted molar refractivity (Wildman–Crippen MR) is 258 cm³/mol. The van der Waals surface area contributed by atoms with Gasteiger partial charge >= 0.3 is 21.1 Å². The Balaban J connectivity index is 0.00000504. The molecular weight excluding hydrogens is 952 g/mol. The second-order valence-corrected chi connectivity index (χ2v) is 16.7. The van der Waals surface area contributed by atoms with Crippen molar-refractivity contribution >= 4 is 50.2 Å². The van der Waals surface area contributed by atoms with E-state index in [4.69, 9.17) is 10.1 Å². The van der Waals surface area contributed by atoms with Crippen LogP contribution in [0.4, 0.5) is 28.4 Å². The molecule has 0 unspecified atom stereocenters. The van der Waals surface area contributed by atoms with Crippen LogP contribution in [-0.4, -0.2) is 4.57 Å². The first-order chi connectivity index (χ1) is 30.3. The van der Waals surface area contributed by atoms with Crippen molar-refractivity contribution in [3.05, 3.63) is 211 Å². The molecule has 0 N–H and O–H groups in total. The number of rotatable bonds is 11. The number of hydrogen-bond acceptors (Lipinski definition) is 3. The van der Waals surface area contributed by atoms with Crippen molar-refractivity contribution in [1.82, 2.24) is 4.57 Å². The standard InChI is InChI=1S/C57H48N4O.Pt/c1-38(2)50-32-40(5)33-51(39(3)4)56(50)58-36-59-52-27-13-12-24-48(52)49-31-30-45(35-55(49)59)62-44-23-16-22-43(34-44)60-37-61(54-29-15-14-28-53(54)60)57-46(41-18-8-6-9-19-41)25-17-26-47(57)42-20-10-7-11-21-42;/h6-33,37-39H,36H2,1-5H3;/q-4;+4. The van der Waals surface area contributed by atoms with Gasteiger partial charge in [-0.1, -0.05) is 178 Å². The predicted octanol–water partition coefficient (Wildman–Crippen LogP) is 16.1. The molecule has 0 amide bonds. The number of nitrogens with zero attached hydrogens (tertiary/aromatic N) is 4. The van der Waals surface area contributed by atoms with Crippen LogP contribution in [0, 0.1) is 25.7 Å². The third-order valence-electron chi connectivity index (χ3n) is 11.9. The van der Waals surface area contributed by atoms with Crippen molar-refractivity contribution < 1.29 is 25.8 Å². The molecule has 0 atom stereocenters. The van der Waals surface area contributed by atoms with E-state index >= 15 is 0 Å². The van der Waals surface area contributed by atoms with Gasteiger partial charge in [0.2, 0.25) is 0 Å². The van der Waals surface area contributed by atoms with E-state index in [2.05, 4.69) is 219 Å². The molecule has 1 aliphatic rings. The Labute approximate surface area is 385 Å². The monoisotopic (exact) mass is 999 g/mol. The number of aromatic nitrogens is 1. The van der Waals surface area contributed by atoms with Gasteiger partial charge in [-0.15, -0.1) is 53.8 Å². The maximum atomic E-state index is 6.66. The molecule has 1 aromatic heterocycles. The fraction of sp³-hybridized carbons (Fsp3) is 0.140. The molecule has 6 heteroatoms. The fourth-order valence-corrected chi connectivity index (χ4v) is 8.94. The zero-order valence-corrected chi connectivity index (χ0v) is 38.4. The van der Waals surface area contributed by atoms with E-state index in [1.807, 2.05) is 18.2 Å². The van der Waals surface area contributed by atoms with Crippen molar-refractivity contribution in [2.45, 2.75) is 53.1 Å². The van der Waals surface area contributed by atoms with Crippen LogP contribution in [0.25, 0.3) is 49.4 Å². The minimum atomic E-state index is 0. The second kappa shape index (κ2) is 17.7. The molecule has 9 aromatic rings. The Hall–Kier alpha value is -6.55. The maximum Gasteiger partial charge on any atom is 4.00 e. The van der Waals surface area contributed by atoms with E-state index in [0.717, 1.165) is 67.1 Å². The number of benzene rings is 8. The number of hydrogen-bond donors (Lipinski definition) is 0. The van der Waals surface area contributed by atoms with Gasteiger partial charge < -0.3 is 24.4 Å². The maximum absolute atomic E-state index is 6.66. The molecule has 0 saturated heterocycles. The molecule has 1 aliphatic heterocycles. The first kappa shape index (κ1) is 41.8. The first-order valence-corrected chi connectivity index (χ1v) is 21.5. The number of anilines is 4. The van der Waals surface area contributed by atoms with Gasteiger partial charge in [-0.05, 0) is 53.5 Å². The van der Waals surface area contributed by atoms with E-state index in [1.54, 1.807) is 0 Å². The summed E-state index contributed by atoms with van der Waals surface area (Å²) in [7, 11) is 0. The van der Waals surface area contributed by atoms with E-state index in [-0.39, 0.29) is 21.1 Å². The summed E-state index contributed by atoms with van der Waals surface area (Å²) in [4.78, 5) is 4.52. The average Bonchev–Trinajstić information content (AvgIpc) is 3.84. The van der Waals surface area contributed by atoms with Gasteiger partial charge in [0.15, 0.2) is 0 Å². The molecule has 0 bridgehead atoms. The summed E-state index contributed by atoms with van der Waals surface area (Å²) in [5.41, 5.74) is 15.8. The number of aryl methyl sites for hydroxylation is 1. The van der Waals surface area contributed by atoms with Crippen LogP contribution in [-0.2, 0) is 27.7 Å². The van der Waals surface area contributed by atoms with Crippen LogP contribution in [0.1, 0.15) is 56.2 Å². The molecule has 0 saturated carbocycles. The van der Waals surface area contributed by atoms with E-state index in [1.165, 1.54) is 22.1 Å². The summed E-state index contributed by atoms with van der Waals surface area (Å²) in [5, 5.41) is 7.66. The Kier molecular flexibility index (Phi) is 11.7. The van der Waals surface area contributed by atoms with Crippen LogP contribution in [0.2, 0.25) is 0 Å². The molecule has 0 aliphatic carbocycles. The van der Waals surface area contributed by atoms with E-state index in [0.29, 0.717) is 30.0 Å². The quantitative estimate of drug-likeness (QED) is 0.121. The largest absolute Gasteiger partial charge is 4.00 e. The van der Waals surface area contributed by atoms with Crippen LogP contribution >= 0.6 is 0 Å². The van der Waals surface area contributed by atoms with Crippen LogP contribution < -0.4 is 14.5 Å². The molecule has 63 heavy (non-hydrogen) atoms. The van der Waals surface area contributed by atoms with Gasteiger partial charge in [0, 0.05) is 45.2 Å². The third kappa shape index (κ3) is 7.92. The zero-order chi connectivity index (χ0) is 42.3. The zero-order valence-electron chi connectivity index (χ0n) is 36.1. The van der Waals surface area contributed by atoms with Crippen molar-refractivity contribution in [1.29, 1.82) is 0 Å². The van der Waals surface area contributed by atoms with Gasteiger partial charge in [-0.25, -0.2) is 0 Å². The molecular formula is C57H48N4OPt. The van der Waals surface area contributed by atoms with Crippen LogP contribution in [0.15, 0.2) is 170 Å². The summed E-state index contributed by atoms with van der Waals surface area (Å²) >= 11 is 0. The average molecular weight is 1000 g/mol. The Morgan fingerprint density at radius 2 is 1.14 bits per heavy atom. The number of para-hydroxylation sites is 4. The van der Waals surface area contributed by atoms with Crippen molar-refractivity contribution in [2.75, 3.05) is 9.80 Å². The van der Waals surface area contributed by atoms with E-state index < -0.39 is 0 Å². The Bertz CT molecular complexity index is 2980. The molecule has 312 valence electrons. The summed E-state index contributed by atoms with van der Waals surface area (Å²) in [6, 6.07) is 67.0. The first-order valence-electron chi connectivity index (χ1n) is 21.5. The molecule has 0 fully saturated rings. The minimum absolute atomic E-state index is 0. The number of ether oxygens (including phenoxy) is 1. The normalized spacial score (nSPS) is 12.3. The minimum Gasteiger partial charge on any atom is -0.667 e. The fourth-order valence-electron chi connectivity index (χ4n) is 8.94. The van der Waals surface area contributed by atoms with Gasteiger partial charge in [-0.2, -0.15) is 12.1 Å². The summed E-state index contributed by atoms with van der Waals surface area (Å²) < 4.78 is 8.93. The van der Waals surface area contributed by atoms with Gasteiger partial charge in [0.25, 0.3) is 0 Å². The van der Waals surface area contributed by atoms with Gasteiger partial charge in [0.1, 0.15) is 0 Å². The number of fused-ring (bicyclic) bond motifs is 4. The van der Waals surface area contributed by atoms with Crippen molar-refractivity contribution in [3.63, 3.8) is 0 Å². The smallest absolute Gasteiger partial charge is 0.667 e. The molecule has 8 aromatic carbocycles. The third-order valence-corrected chi connectivity index (χ3v) is 11.9. The van der Waals surface area contributed by atoms with Crippen LogP contribution in [0.3, 0.4) is 0 Å². The molecule has 2 heterocycles. The topological polar surface area (TPSA) is 34.7 Å². The van der Waals surface area contributed by atoms with Gasteiger partial charge in [0.05, 0.1) is 0 Å². The SMILES string of the molecule is Cc1cc(C(C)C)c([N-]Cn2c3[c-]c(Oc4[c-]c(N5[CH-]N(c6c(-c7ccccc7)cccc6-c6ccccc6)c6ccccc65)ccc4)ccc3c3ccccc32)c(C(C)C)c1.[Pt+4]. The summed E-state index contributed by atoms with van der Waals surface area (Å²) in [6.07, 6.45) is 0. The Morgan fingerprint density at radius 1 is 0.571 bits per heavy atom. The molecule has 0 radical (unpaired) electrons. The molecule has 10 rings (SSSR count). The van der Waals surface area contributed by atoms with Gasteiger partial charge in [-0.3, -0.25) is 0 Å². The van der Waals surface area contributed by atoms with Crippen molar-refractivity contribution in [3.8, 4) is 33.8 Å².